The van der Waals surface area contributed by atoms with Gasteiger partial charge in [0.1, 0.15) is 29.0 Å². The number of halogens is 2. The Morgan fingerprint density at radius 1 is 1.21 bits per heavy atom. The molecule has 0 amide bonds. The predicted octanol–water partition coefficient (Wildman–Crippen LogP) is 0.745. The Kier molecular flexibility index (Phi) is 3.45. The zero-order valence-corrected chi connectivity index (χ0v) is 16.7. The van der Waals surface area contributed by atoms with Gasteiger partial charge in [-0.3, -0.25) is 4.99 Å². The van der Waals surface area contributed by atoms with Gasteiger partial charge < -0.3 is 0 Å². The van der Waals surface area contributed by atoms with Crippen LogP contribution in [0.15, 0.2) is 45.2 Å². The molecule has 0 bridgehead atoms. The molecule has 2 aromatic rings. The maximum absolute atomic E-state index is 12.9. The van der Waals surface area contributed by atoms with E-state index in [2.05, 4.69) is 25.5 Å². The topological polar surface area (TPSA) is 109 Å². The number of hydrogen-bond donors (Lipinski definition) is 3. The lowest BCUT2D eigenvalue weighted by Crippen LogP contribution is -2.54. The monoisotopic (exact) mass is 450 g/mol. The molecule has 14 heteroatoms. The fourth-order valence-electron chi connectivity index (χ4n) is 3.51. The number of nitrogens with zero attached hydrogens (tertiary/aromatic N) is 7. The third kappa shape index (κ3) is 2.33. The van der Waals surface area contributed by atoms with Crippen LogP contribution < -0.4 is 14.5 Å². The van der Waals surface area contributed by atoms with Gasteiger partial charge in [0.05, 0.1) is 10.2 Å². The number of para-hydroxylation sites is 1. The average Bonchev–Trinajstić information content (AvgIpc) is 3.08. The standard InChI is InChI=1S/C15H11Cl2N10OS/c16-23-5-10-14-26(8-3-1-2-4-9(8)29-10)21-20-13-11-12(24(17)6-18-11)19-7-25(13)22-27(14)15(23)28/h1-7,11-12,21-22H/q+1/p+1. The van der Waals surface area contributed by atoms with Crippen LogP contribution in [0.3, 0.4) is 0 Å². The lowest BCUT2D eigenvalue weighted by Gasteiger charge is -2.19. The van der Waals surface area contributed by atoms with Crippen molar-refractivity contribution in [2.45, 2.75) is 12.2 Å². The van der Waals surface area contributed by atoms with Crippen LogP contribution in [-0.4, -0.2) is 48.0 Å². The van der Waals surface area contributed by atoms with Crippen molar-refractivity contribution < 1.29 is 8.77 Å². The van der Waals surface area contributed by atoms with Gasteiger partial charge in [0.15, 0.2) is 6.04 Å². The number of H-pyrrole nitrogens is 3. The number of benzene rings is 1. The van der Waals surface area contributed by atoms with E-state index in [1.54, 1.807) is 21.9 Å². The summed E-state index contributed by atoms with van der Waals surface area (Å²) in [6, 6.07) is 7.45. The summed E-state index contributed by atoms with van der Waals surface area (Å²) in [5.74, 6) is 1.19. The van der Waals surface area contributed by atoms with Crippen molar-refractivity contribution in [3.63, 3.8) is 0 Å². The summed E-state index contributed by atoms with van der Waals surface area (Å²) in [6.45, 7) is 0. The Morgan fingerprint density at radius 2 is 2.07 bits per heavy atom. The molecule has 6 rings (SSSR count). The van der Waals surface area contributed by atoms with Gasteiger partial charge in [-0.25, -0.2) is 9.52 Å². The van der Waals surface area contributed by atoms with Crippen molar-refractivity contribution in [3.05, 3.63) is 46.8 Å². The maximum atomic E-state index is 12.9. The first-order valence-electron chi connectivity index (χ1n) is 8.52. The molecule has 0 saturated heterocycles. The first-order chi connectivity index (χ1) is 14.1. The summed E-state index contributed by atoms with van der Waals surface area (Å²) in [4.78, 5) is 21.7. The van der Waals surface area contributed by atoms with Gasteiger partial charge in [-0.15, -0.1) is 21.2 Å². The van der Waals surface area contributed by atoms with Crippen LogP contribution >= 0.6 is 34.9 Å². The summed E-state index contributed by atoms with van der Waals surface area (Å²) >= 11 is 13.8. The molecule has 1 aromatic heterocycles. The number of rotatable bonds is 0. The lowest BCUT2D eigenvalue weighted by molar-refractivity contribution is -0.639. The number of aliphatic imine (C=N–C) groups is 2. The summed E-state index contributed by atoms with van der Waals surface area (Å²) in [6.07, 6.45) is 4.26. The summed E-state index contributed by atoms with van der Waals surface area (Å²) in [5, 5.41) is 9.45. The minimum Gasteiger partial charge on any atom is -0.255 e. The molecule has 1 aromatic carbocycles. The molecule has 11 nitrogen and oxygen atoms in total. The van der Waals surface area contributed by atoms with Gasteiger partial charge in [-0.1, -0.05) is 16.2 Å². The fraction of sp³-hybridized carbons (Fsp3) is 0.133. The van der Waals surface area contributed by atoms with Crippen LogP contribution in [0.25, 0.3) is 20.7 Å². The molecule has 4 aliphatic heterocycles. The summed E-state index contributed by atoms with van der Waals surface area (Å²) in [5.41, 5.74) is 0.409. The van der Waals surface area contributed by atoms with Gasteiger partial charge in [-0.2, -0.15) is 19.7 Å². The van der Waals surface area contributed by atoms with Crippen LogP contribution in [0.5, 0.6) is 0 Å². The molecule has 5 heterocycles. The first-order valence-corrected chi connectivity index (χ1v) is 10.0. The van der Waals surface area contributed by atoms with E-state index in [1.807, 2.05) is 24.3 Å². The van der Waals surface area contributed by atoms with Crippen LogP contribution in [0.4, 0.5) is 0 Å². The summed E-state index contributed by atoms with van der Waals surface area (Å²) < 4.78 is 8.91. The van der Waals surface area contributed by atoms with Crippen molar-refractivity contribution in [2.24, 2.45) is 9.98 Å². The van der Waals surface area contributed by atoms with Crippen molar-refractivity contribution in [2.75, 3.05) is 0 Å². The Bertz CT molecular complexity index is 1450. The van der Waals surface area contributed by atoms with Gasteiger partial charge in [-0.05, 0) is 16.6 Å². The zero-order chi connectivity index (χ0) is 19.7. The third-order valence-corrected chi connectivity index (χ3v) is 6.43. The second-order valence-corrected chi connectivity index (χ2v) is 8.31. The van der Waals surface area contributed by atoms with Crippen molar-refractivity contribution in [1.82, 2.24) is 29.1 Å². The Labute approximate surface area is 175 Å². The highest BCUT2D eigenvalue weighted by atomic mass is 35.5. The molecule has 2 atom stereocenters. The van der Waals surface area contributed by atoms with Gasteiger partial charge in [0.25, 0.3) is 5.82 Å². The van der Waals surface area contributed by atoms with E-state index >= 15 is 0 Å². The number of aromatic nitrogens is 7. The highest BCUT2D eigenvalue weighted by molar-refractivity contribution is 7.24. The molecular formula is C15H12Cl2N10OS+2. The molecule has 0 aliphatic carbocycles. The van der Waals surface area contributed by atoms with E-state index in [0.29, 0.717) is 11.6 Å². The van der Waals surface area contributed by atoms with Gasteiger partial charge in [0, 0.05) is 11.8 Å². The van der Waals surface area contributed by atoms with Crippen LogP contribution in [0, 0.1) is 0 Å². The van der Waals surface area contributed by atoms with E-state index in [0.717, 1.165) is 19.0 Å². The molecule has 0 spiro atoms. The Hall–Kier alpha value is -3.09. The van der Waals surface area contributed by atoms with Crippen molar-refractivity contribution >= 4 is 62.5 Å². The maximum Gasteiger partial charge on any atom is 0.543 e. The van der Waals surface area contributed by atoms with E-state index in [-0.39, 0.29) is 6.17 Å². The predicted molar refractivity (Wildman–Crippen MR) is 107 cm³/mol. The second kappa shape index (κ2) is 5.95. The van der Waals surface area contributed by atoms with E-state index in [1.165, 1.54) is 26.6 Å². The average molecular weight is 451 g/mol. The van der Waals surface area contributed by atoms with E-state index < -0.39 is 11.7 Å². The van der Waals surface area contributed by atoms with Crippen molar-refractivity contribution in [3.8, 4) is 5.82 Å². The van der Waals surface area contributed by atoms with Gasteiger partial charge in [0.2, 0.25) is 18.3 Å². The van der Waals surface area contributed by atoms with Crippen molar-refractivity contribution in [1.29, 1.82) is 0 Å². The molecule has 0 radical (unpaired) electrons. The van der Waals surface area contributed by atoms with Crippen LogP contribution in [-0.2, 0) is 0 Å². The molecule has 0 saturated carbocycles. The largest absolute Gasteiger partial charge is 0.543 e. The minimum absolute atomic E-state index is 0.386. The first kappa shape index (κ1) is 16.8. The smallest absolute Gasteiger partial charge is 0.255 e. The highest BCUT2D eigenvalue weighted by Crippen LogP contribution is 2.30. The van der Waals surface area contributed by atoms with Crippen LogP contribution in [0.2, 0.25) is 0 Å². The number of hydrogen-bond acceptors (Lipinski definition) is 5. The molecule has 0 fully saturated rings. The van der Waals surface area contributed by atoms with Crippen LogP contribution in [0.1, 0.15) is 11.9 Å². The SMILES string of the molecule is O=c1n2[nH][n+]3c([nH][nH]n4c5ccccc5sc(c[n+]1Cl)c2-4)C1N=CN(Cl)C1N=C3. The van der Waals surface area contributed by atoms with Gasteiger partial charge >= 0.3 is 5.69 Å². The highest BCUT2D eigenvalue weighted by Gasteiger charge is 2.40. The quantitative estimate of drug-likeness (QED) is 0.208. The number of nitrogens with one attached hydrogen (secondary N) is 3. The normalized spacial score (nSPS) is 19.9. The molecule has 3 N–H and O–H groups in total. The molecule has 146 valence electrons. The molecular weight excluding hydrogens is 439 g/mol. The second-order valence-electron chi connectivity index (χ2n) is 6.48. The third-order valence-electron chi connectivity index (χ3n) is 4.83. The Balaban J connectivity index is 1.82. The van der Waals surface area contributed by atoms with E-state index in [4.69, 9.17) is 23.6 Å². The number of fused-ring (bicyclic) bond motifs is 5. The Morgan fingerprint density at radius 3 is 2.97 bits per heavy atom. The summed E-state index contributed by atoms with van der Waals surface area (Å²) in [7, 11) is 0. The minimum atomic E-state index is -0.470. The lowest BCUT2D eigenvalue weighted by atomic mass is 10.2. The fourth-order valence-corrected chi connectivity index (χ4v) is 5.02. The molecule has 2 unspecified atom stereocenters. The molecule has 4 aliphatic rings. The molecule has 29 heavy (non-hydrogen) atoms. The van der Waals surface area contributed by atoms with E-state index in [9.17, 15) is 4.79 Å². The number of aromatic amines is 3. The zero-order valence-electron chi connectivity index (χ0n) is 14.4.